The molecule has 4 aromatic carbocycles. The first-order valence-corrected chi connectivity index (χ1v) is 12.2. The molecule has 0 bridgehead atoms. The summed E-state index contributed by atoms with van der Waals surface area (Å²) in [5.41, 5.74) is 2.53. The van der Waals surface area contributed by atoms with Crippen LogP contribution in [0.4, 0.5) is 0 Å². The zero-order valence-electron chi connectivity index (χ0n) is 21.3. The second kappa shape index (κ2) is 12.6. The number of hydrogen-bond acceptors (Lipinski definition) is 5. The molecule has 0 fully saturated rings. The van der Waals surface area contributed by atoms with Crippen LogP contribution < -0.4 is 10.1 Å². The molecule has 0 heterocycles. The topological polar surface area (TPSA) is 103 Å². The number of aromatic carboxylic acids is 1. The van der Waals surface area contributed by atoms with Gasteiger partial charge in [-0.2, -0.15) is 5.26 Å². The zero-order chi connectivity index (χ0) is 26.4. The highest BCUT2D eigenvalue weighted by Gasteiger charge is 2.20. The summed E-state index contributed by atoms with van der Waals surface area (Å²) >= 11 is 0. The van der Waals surface area contributed by atoms with E-state index in [4.69, 9.17) is 4.74 Å². The number of carbonyl (C=O) groups is 1. The predicted octanol–water partition coefficient (Wildman–Crippen LogP) is 5.85. The predicted molar refractivity (Wildman–Crippen MR) is 152 cm³/mol. The van der Waals surface area contributed by atoms with Gasteiger partial charge in [0.25, 0.3) is 0 Å². The minimum atomic E-state index is -1.03. The van der Waals surface area contributed by atoms with Gasteiger partial charge in [-0.05, 0) is 65.9 Å². The van der Waals surface area contributed by atoms with Crippen LogP contribution in [0.5, 0.6) is 5.75 Å². The lowest BCUT2D eigenvalue weighted by atomic mass is 9.93. The average molecular weight is 531 g/mol. The van der Waals surface area contributed by atoms with Crippen LogP contribution in [0.2, 0.25) is 0 Å². The number of benzene rings is 4. The van der Waals surface area contributed by atoms with Gasteiger partial charge in [-0.1, -0.05) is 66.7 Å². The van der Waals surface area contributed by atoms with Crippen molar-refractivity contribution in [2.45, 2.75) is 31.9 Å². The number of ether oxygens (including phenoxy) is 1. The summed E-state index contributed by atoms with van der Waals surface area (Å²) in [6, 6.07) is 28.4. The number of carboxylic acids is 1. The quantitative estimate of drug-likeness (QED) is 0.238. The Labute approximate surface area is 228 Å². The standard InChI is InChI=1S/C31H30N2O4.ClH/c1-31(2,17-21-11-12-22-7-3-4-8-23(22)15-21)33-19-26(34)20-37-29-14-13-24(16-25(29)18-32)27-9-5-6-10-28(27)30(35)36;/h3-16,26,33-34H,17,19-20H2,1-2H3,(H,35,36);1H. The Morgan fingerprint density at radius 1 is 1.00 bits per heavy atom. The number of β-amino-alcohol motifs (C(OH)–C–C–N with tert-alkyl or cyclic N) is 1. The highest BCUT2D eigenvalue weighted by molar-refractivity contribution is 5.96. The SMILES string of the molecule is CC(C)(Cc1ccc2ccccc2c1)NCC(O)COc1ccc(-c2ccccc2C(=O)O)cc1C#N.Cl. The fourth-order valence-electron chi connectivity index (χ4n) is 4.39. The van der Waals surface area contributed by atoms with Crippen molar-refractivity contribution < 1.29 is 19.7 Å². The number of hydrogen-bond donors (Lipinski definition) is 3. The third-order valence-corrected chi connectivity index (χ3v) is 6.28. The third-order valence-electron chi connectivity index (χ3n) is 6.28. The first-order chi connectivity index (χ1) is 17.8. The maximum Gasteiger partial charge on any atom is 0.336 e. The monoisotopic (exact) mass is 530 g/mol. The normalized spacial score (nSPS) is 11.8. The van der Waals surface area contributed by atoms with Gasteiger partial charge >= 0.3 is 5.97 Å². The van der Waals surface area contributed by atoms with Crippen molar-refractivity contribution in [2.24, 2.45) is 0 Å². The van der Waals surface area contributed by atoms with Crippen molar-refractivity contribution in [1.82, 2.24) is 5.32 Å². The van der Waals surface area contributed by atoms with Crippen LogP contribution in [-0.2, 0) is 6.42 Å². The maximum atomic E-state index is 11.6. The molecule has 0 saturated heterocycles. The molecule has 6 nitrogen and oxygen atoms in total. The van der Waals surface area contributed by atoms with Gasteiger partial charge in [-0.3, -0.25) is 0 Å². The maximum absolute atomic E-state index is 11.6. The van der Waals surface area contributed by atoms with E-state index in [0.717, 1.165) is 6.42 Å². The molecule has 196 valence electrons. The smallest absolute Gasteiger partial charge is 0.336 e. The second-order valence-corrected chi connectivity index (χ2v) is 9.76. The van der Waals surface area contributed by atoms with Crippen molar-refractivity contribution in [3.05, 3.63) is 102 Å². The van der Waals surface area contributed by atoms with Crippen LogP contribution in [0.25, 0.3) is 21.9 Å². The van der Waals surface area contributed by atoms with E-state index in [2.05, 4.69) is 55.6 Å². The van der Waals surface area contributed by atoms with Gasteiger partial charge in [0.2, 0.25) is 0 Å². The average Bonchev–Trinajstić information content (AvgIpc) is 2.90. The lowest BCUT2D eigenvalue weighted by molar-refractivity contribution is 0.0697. The van der Waals surface area contributed by atoms with Crippen molar-refractivity contribution in [1.29, 1.82) is 5.26 Å². The van der Waals surface area contributed by atoms with E-state index in [1.54, 1.807) is 36.4 Å². The highest BCUT2D eigenvalue weighted by atomic mass is 35.5. The molecule has 7 heteroatoms. The molecular formula is C31H31ClN2O4. The zero-order valence-corrected chi connectivity index (χ0v) is 22.2. The van der Waals surface area contributed by atoms with Crippen molar-refractivity contribution in [2.75, 3.05) is 13.2 Å². The first-order valence-electron chi connectivity index (χ1n) is 12.2. The number of aliphatic hydroxyl groups is 1. The van der Waals surface area contributed by atoms with Crippen LogP contribution in [0.1, 0.15) is 35.3 Å². The van der Waals surface area contributed by atoms with Crippen LogP contribution in [0, 0.1) is 11.3 Å². The third kappa shape index (κ3) is 7.11. The molecule has 0 aliphatic rings. The molecule has 0 amide bonds. The molecule has 1 atom stereocenters. The summed E-state index contributed by atoms with van der Waals surface area (Å²) in [4.78, 5) is 11.6. The van der Waals surface area contributed by atoms with Crippen molar-refractivity contribution >= 4 is 29.1 Å². The molecule has 0 radical (unpaired) electrons. The Hall–Kier alpha value is -3.89. The number of nitrogens with one attached hydrogen (secondary N) is 1. The van der Waals surface area contributed by atoms with E-state index in [1.807, 2.05) is 12.1 Å². The number of fused-ring (bicyclic) bond motifs is 1. The van der Waals surface area contributed by atoms with Gasteiger partial charge in [0.1, 0.15) is 24.5 Å². The Balaban J connectivity index is 0.00000400. The largest absolute Gasteiger partial charge is 0.489 e. The number of rotatable bonds is 10. The summed E-state index contributed by atoms with van der Waals surface area (Å²) in [6.45, 7) is 4.53. The Kier molecular flexibility index (Phi) is 9.49. The molecule has 4 aromatic rings. The summed E-state index contributed by atoms with van der Waals surface area (Å²) in [7, 11) is 0. The van der Waals surface area contributed by atoms with E-state index in [9.17, 15) is 20.3 Å². The van der Waals surface area contributed by atoms with E-state index >= 15 is 0 Å². The molecule has 1 unspecified atom stereocenters. The minimum absolute atomic E-state index is 0. The Morgan fingerprint density at radius 3 is 2.45 bits per heavy atom. The Morgan fingerprint density at radius 2 is 1.71 bits per heavy atom. The van der Waals surface area contributed by atoms with Crippen LogP contribution in [0.15, 0.2) is 84.9 Å². The molecule has 0 aliphatic carbocycles. The van der Waals surface area contributed by atoms with Crippen molar-refractivity contribution in [3.63, 3.8) is 0 Å². The number of nitrogens with zero attached hydrogens (tertiary/aromatic N) is 1. The second-order valence-electron chi connectivity index (χ2n) is 9.76. The van der Waals surface area contributed by atoms with Gasteiger partial charge in [0.05, 0.1) is 11.1 Å². The molecule has 0 saturated carbocycles. The van der Waals surface area contributed by atoms with E-state index < -0.39 is 12.1 Å². The number of aliphatic hydroxyl groups excluding tert-OH is 1. The van der Waals surface area contributed by atoms with E-state index in [0.29, 0.717) is 23.4 Å². The summed E-state index contributed by atoms with van der Waals surface area (Å²) in [5.74, 6) is -0.692. The summed E-state index contributed by atoms with van der Waals surface area (Å²) in [5, 5.41) is 35.5. The number of carboxylic acid groups (broad SMARTS) is 1. The molecular weight excluding hydrogens is 500 g/mol. The fourth-order valence-corrected chi connectivity index (χ4v) is 4.39. The molecule has 0 aliphatic heterocycles. The highest BCUT2D eigenvalue weighted by Crippen LogP contribution is 2.29. The van der Waals surface area contributed by atoms with Crippen LogP contribution in [0.3, 0.4) is 0 Å². The van der Waals surface area contributed by atoms with Gasteiger partial charge in [0.15, 0.2) is 0 Å². The molecule has 4 rings (SSSR count). The molecule has 0 aromatic heterocycles. The van der Waals surface area contributed by atoms with E-state index in [-0.39, 0.29) is 35.7 Å². The number of nitriles is 1. The lowest BCUT2D eigenvalue weighted by Crippen LogP contribution is -2.46. The summed E-state index contributed by atoms with van der Waals surface area (Å²) in [6.07, 6.45) is 0.0124. The molecule has 0 spiro atoms. The fraction of sp³-hybridized carbons (Fsp3) is 0.226. The first kappa shape index (κ1) is 28.7. The minimum Gasteiger partial charge on any atom is -0.489 e. The van der Waals surface area contributed by atoms with E-state index in [1.165, 1.54) is 22.4 Å². The van der Waals surface area contributed by atoms with Crippen LogP contribution >= 0.6 is 12.4 Å². The Bertz CT molecular complexity index is 1460. The lowest BCUT2D eigenvalue weighted by Gasteiger charge is -2.28. The molecule has 3 N–H and O–H groups in total. The van der Waals surface area contributed by atoms with Gasteiger partial charge in [0, 0.05) is 12.1 Å². The van der Waals surface area contributed by atoms with Crippen molar-refractivity contribution in [3.8, 4) is 22.9 Å². The number of halogens is 1. The molecule has 38 heavy (non-hydrogen) atoms. The van der Waals surface area contributed by atoms with Crippen LogP contribution in [-0.4, -0.2) is 41.0 Å². The van der Waals surface area contributed by atoms with Gasteiger partial charge in [-0.25, -0.2) is 4.79 Å². The van der Waals surface area contributed by atoms with Gasteiger partial charge < -0.3 is 20.3 Å². The van der Waals surface area contributed by atoms with Gasteiger partial charge in [-0.15, -0.1) is 12.4 Å². The summed E-state index contributed by atoms with van der Waals surface area (Å²) < 4.78 is 5.76.